The van der Waals surface area contributed by atoms with Gasteiger partial charge in [-0.1, -0.05) is 12.1 Å². The molecule has 1 aliphatic heterocycles. The van der Waals surface area contributed by atoms with Crippen molar-refractivity contribution in [3.8, 4) is 5.69 Å². The molecule has 2 aromatic carbocycles. The minimum atomic E-state index is -0.755. The number of nitrogens with zero attached hydrogens (tertiary/aromatic N) is 3. The van der Waals surface area contributed by atoms with Gasteiger partial charge in [-0.15, -0.1) is 0 Å². The van der Waals surface area contributed by atoms with Crippen LogP contribution in [0.3, 0.4) is 0 Å². The minimum Gasteiger partial charge on any atom is -0.394 e. The average molecular weight is 452 g/mol. The number of halogens is 2. The van der Waals surface area contributed by atoms with E-state index in [4.69, 9.17) is 0 Å². The van der Waals surface area contributed by atoms with Crippen molar-refractivity contribution in [3.63, 3.8) is 0 Å². The van der Waals surface area contributed by atoms with Gasteiger partial charge in [0.25, 0.3) is 0 Å². The van der Waals surface area contributed by atoms with E-state index in [1.807, 2.05) is 17.7 Å². The van der Waals surface area contributed by atoms with Gasteiger partial charge in [-0.05, 0) is 73.9 Å². The van der Waals surface area contributed by atoms with Crippen LogP contribution in [0.25, 0.3) is 5.69 Å². The number of hydrogen-bond donors (Lipinski definition) is 1. The second-order valence-electron chi connectivity index (χ2n) is 9.38. The molecule has 1 aromatic heterocycles. The highest BCUT2D eigenvalue weighted by Gasteiger charge is 2.62. The fourth-order valence-corrected chi connectivity index (χ4v) is 5.50. The van der Waals surface area contributed by atoms with E-state index in [1.165, 1.54) is 12.1 Å². The lowest BCUT2D eigenvalue weighted by atomic mass is 9.87. The van der Waals surface area contributed by atoms with Crippen molar-refractivity contribution in [2.45, 2.75) is 45.1 Å². The second-order valence-corrected chi connectivity index (χ2v) is 9.38. The lowest BCUT2D eigenvalue weighted by Crippen LogP contribution is -2.46. The molecule has 5 rings (SSSR count). The minimum absolute atomic E-state index is 0.0329. The molecule has 2 aliphatic rings. The van der Waals surface area contributed by atoms with Crippen molar-refractivity contribution < 1.29 is 18.7 Å². The molecular weight excluding hydrogens is 424 g/mol. The maximum Gasteiger partial charge on any atom is 0.230 e. The van der Waals surface area contributed by atoms with Gasteiger partial charge in [-0.25, -0.2) is 13.8 Å². The first-order valence-electron chi connectivity index (χ1n) is 11.3. The Morgan fingerprint density at radius 1 is 1.18 bits per heavy atom. The predicted molar refractivity (Wildman–Crippen MR) is 120 cm³/mol. The van der Waals surface area contributed by atoms with Gasteiger partial charge in [0, 0.05) is 24.5 Å². The molecule has 7 heteroatoms. The summed E-state index contributed by atoms with van der Waals surface area (Å²) in [4.78, 5) is 19.5. The SMILES string of the molecule is Cc1cn(-c2ccc(C3CC34CCCN(C(CO)c3cc(F)cc(F)c3)C4=O)cc2C)cn1. The number of likely N-dealkylation sites (tertiary alicyclic amines) is 1. The summed E-state index contributed by atoms with van der Waals surface area (Å²) >= 11 is 0. The molecule has 1 spiro atoms. The Labute approximate surface area is 191 Å². The van der Waals surface area contributed by atoms with Crippen molar-refractivity contribution in [3.05, 3.63) is 82.9 Å². The van der Waals surface area contributed by atoms with Crippen molar-refractivity contribution in [1.29, 1.82) is 0 Å². The van der Waals surface area contributed by atoms with E-state index >= 15 is 0 Å². The van der Waals surface area contributed by atoms with Crippen LogP contribution in [-0.2, 0) is 4.79 Å². The number of hydrogen-bond acceptors (Lipinski definition) is 3. The molecule has 0 bridgehead atoms. The van der Waals surface area contributed by atoms with Crippen LogP contribution in [0.1, 0.15) is 53.6 Å². The smallest absolute Gasteiger partial charge is 0.230 e. The molecule has 33 heavy (non-hydrogen) atoms. The van der Waals surface area contributed by atoms with Crippen LogP contribution in [0.4, 0.5) is 8.78 Å². The highest BCUT2D eigenvalue weighted by atomic mass is 19.1. The van der Waals surface area contributed by atoms with E-state index < -0.39 is 23.1 Å². The largest absolute Gasteiger partial charge is 0.394 e. The third-order valence-corrected chi connectivity index (χ3v) is 7.22. The molecule has 2 fully saturated rings. The van der Waals surface area contributed by atoms with Crippen LogP contribution in [0.15, 0.2) is 48.9 Å². The topological polar surface area (TPSA) is 58.4 Å². The van der Waals surface area contributed by atoms with Crippen molar-refractivity contribution in [1.82, 2.24) is 14.5 Å². The summed E-state index contributed by atoms with van der Waals surface area (Å²) in [6, 6.07) is 8.72. The number of aliphatic hydroxyl groups is 1. The Bertz CT molecular complexity index is 1200. The standard InChI is InChI=1S/C26H27F2N3O2/c1-16-8-18(4-5-23(16)30-13-17(2)29-15-30)22-12-26(22)6-3-7-31(25(26)33)24(14-32)19-9-20(27)11-21(28)10-19/h4-5,8-11,13,15,22,24,32H,3,6-7,12,14H2,1-2H3. The first-order chi connectivity index (χ1) is 15.8. The molecule has 172 valence electrons. The number of rotatable bonds is 5. The first kappa shape index (κ1) is 21.8. The molecule has 3 aromatic rings. The van der Waals surface area contributed by atoms with E-state index in [0.717, 1.165) is 47.8 Å². The summed E-state index contributed by atoms with van der Waals surface area (Å²) in [7, 11) is 0. The summed E-state index contributed by atoms with van der Waals surface area (Å²) in [5.74, 6) is -1.35. The summed E-state index contributed by atoms with van der Waals surface area (Å²) in [6.07, 6.45) is 6.10. The van der Waals surface area contributed by atoms with Crippen LogP contribution < -0.4 is 0 Å². The zero-order valence-corrected chi connectivity index (χ0v) is 18.8. The molecule has 1 aliphatic carbocycles. The van der Waals surface area contributed by atoms with Gasteiger partial charge in [-0.3, -0.25) is 4.79 Å². The first-order valence-corrected chi connectivity index (χ1v) is 11.3. The number of benzene rings is 2. The summed E-state index contributed by atoms with van der Waals surface area (Å²) in [5, 5.41) is 10.0. The Hall–Kier alpha value is -3.06. The van der Waals surface area contributed by atoms with Crippen LogP contribution in [0.5, 0.6) is 0 Å². The lowest BCUT2D eigenvalue weighted by molar-refractivity contribution is -0.144. The van der Waals surface area contributed by atoms with Crippen molar-refractivity contribution in [2.75, 3.05) is 13.2 Å². The fourth-order valence-electron chi connectivity index (χ4n) is 5.50. The van der Waals surface area contributed by atoms with Crippen molar-refractivity contribution in [2.24, 2.45) is 5.41 Å². The number of carbonyl (C=O) groups is 1. The molecular formula is C26H27F2N3O2. The predicted octanol–water partition coefficient (Wildman–Crippen LogP) is 4.60. The molecule has 3 atom stereocenters. The molecule has 1 N–H and O–H groups in total. The van der Waals surface area contributed by atoms with Gasteiger partial charge >= 0.3 is 0 Å². The molecule has 1 saturated heterocycles. The van der Waals surface area contributed by atoms with Gasteiger partial charge < -0.3 is 14.6 Å². The van der Waals surface area contributed by atoms with Gasteiger partial charge in [-0.2, -0.15) is 0 Å². The Morgan fingerprint density at radius 2 is 1.94 bits per heavy atom. The molecule has 1 saturated carbocycles. The molecule has 1 amide bonds. The van der Waals surface area contributed by atoms with E-state index in [9.17, 15) is 18.7 Å². The number of aryl methyl sites for hydroxylation is 2. The molecule has 5 nitrogen and oxygen atoms in total. The maximum atomic E-state index is 13.8. The molecule has 3 unspecified atom stereocenters. The zero-order chi connectivity index (χ0) is 23.3. The zero-order valence-electron chi connectivity index (χ0n) is 18.8. The number of piperidine rings is 1. The van der Waals surface area contributed by atoms with Crippen LogP contribution in [-0.4, -0.2) is 38.6 Å². The maximum absolute atomic E-state index is 13.8. The number of carbonyl (C=O) groups excluding carboxylic acids is 1. The Kier molecular flexibility index (Phi) is 5.32. The summed E-state index contributed by atoms with van der Waals surface area (Å²) in [6.45, 7) is 4.09. The monoisotopic (exact) mass is 451 g/mol. The van der Waals surface area contributed by atoms with Gasteiger partial charge in [0.2, 0.25) is 5.91 Å². The number of imidazole rings is 1. The van der Waals surface area contributed by atoms with Crippen LogP contribution in [0, 0.1) is 30.9 Å². The number of aromatic nitrogens is 2. The summed E-state index contributed by atoms with van der Waals surface area (Å²) < 4.78 is 29.6. The number of amides is 1. The molecule has 0 radical (unpaired) electrons. The van der Waals surface area contributed by atoms with Gasteiger partial charge in [0.05, 0.1) is 30.1 Å². The summed E-state index contributed by atoms with van der Waals surface area (Å²) in [5.41, 5.74) is 4.02. The molecule has 2 heterocycles. The van der Waals surface area contributed by atoms with E-state index in [0.29, 0.717) is 6.54 Å². The second kappa shape index (κ2) is 8.06. The highest BCUT2D eigenvalue weighted by molar-refractivity contribution is 5.88. The normalized spacial score (nSPS) is 23.2. The quantitative estimate of drug-likeness (QED) is 0.617. The van der Waals surface area contributed by atoms with E-state index in [1.54, 1.807) is 11.2 Å². The van der Waals surface area contributed by atoms with Gasteiger partial charge in [0.15, 0.2) is 0 Å². The third-order valence-electron chi connectivity index (χ3n) is 7.22. The van der Waals surface area contributed by atoms with E-state index in [2.05, 4.69) is 30.1 Å². The van der Waals surface area contributed by atoms with E-state index in [-0.39, 0.29) is 24.0 Å². The van der Waals surface area contributed by atoms with Crippen LogP contribution >= 0.6 is 0 Å². The lowest BCUT2D eigenvalue weighted by Gasteiger charge is -2.38. The fraction of sp³-hybridized carbons (Fsp3) is 0.385. The number of aliphatic hydroxyl groups excluding tert-OH is 1. The Balaban J connectivity index is 1.40. The van der Waals surface area contributed by atoms with Crippen molar-refractivity contribution >= 4 is 5.91 Å². The Morgan fingerprint density at radius 3 is 2.58 bits per heavy atom. The average Bonchev–Trinajstić information content (AvgIpc) is 3.33. The van der Waals surface area contributed by atoms with Crippen LogP contribution in [0.2, 0.25) is 0 Å². The third kappa shape index (κ3) is 3.74. The highest BCUT2D eigenvalue weighted by Crippen LogP contribution is 2.64. The van der Waals surface area contributed by atoms with Gasteiger partial charge in [0.1, 0.15) is 11.6 Å².